The third-order valence-corrected chi connectivity index (χ3v) is 5.36. The summed E-state index contributed by atoms with van der Waals surface area (Å²) in [7, 11) is 0. The summed E-state index contributed by atoms with van der Waals surface area (Å²) in [5.74, 6) is 0.138. The average molecular weight is 453 g/mol. The number of nitrogens with zero attached hydrogens (tertiary/aromatic N) is 2. The molecule has 2 N–H and O–H groups in total. The number of carbonyl (C=O) groups is 1. The Kier molecular flexibility index (Phi) is 8.67. The van der Waals surface area contributed by atoms with Crippen LogP contribution in [-0.4, -0.2) is 34.9 Å². The molecule has 1 amide bonds. The van der Waals surface area contributed by atoms with Crippen molar-refractivity contribution in [2.24, 2.45) is 5.73 Å². The Labute approximate surface area is 166 Å². The first-order valence-corrected chi connectivity index (χ1v) is 9.04. The molecule has 3 rings (SSSR count). The van der Waals surface area contributed by atoms with Gasteiger partial charge in [-0.1, -0.05) is 28.1 Å². The number of aromatic nitrogens is 1. The average Bonchev–Trinajstić information content (AvgIpc) is 3.15. The van der Waals surface area contributed by atoms with E-state index in [1.165, 1.54) is 0 Å². The third kappa shape index (κ3) is 4.92. The number of benzene rings is 1. The first kappa shape index (κ1) is 21.4. The number of amides is 1. The van der Waals surface area contributed by atoms with Gasteiger partial charge in [-0.3, -0.25) is 4.79 Å². The van der Waals surface area contributed by atoms with Crippen LogP contribution in [0.4, 0.5) is 0 Å². The highest BCUT2D eigenvalue weighted by molar-refractivity contribution is 9.10. The number of halogens is 3. The summed E-state index contributed by atoms with van der Waals surface area (Å²) in [4.78, 5) is 18.9. The number of nitrogens with two attached hydrogens (primary N) is 1. The van der Waals surface area contributed by atoms with Crippen molar-refractivity contribution in [2.75, 3.05) is 13.1 Å². The fourth-order valence-electron chi connectivity index (χ4n) is 2.81. The predicted molar refractivity (Wildman–Crippen MR) is 107 cm³/mol. The van der Waals surface area contributed by atoms with Crippen LogP contribution in [0.1, 0.15) is 18.5 Å². The van der Waals surface area contributed by atoms with Gasteiger partial charge in [-0.05, 0) is 25.0 Å². The second-order valence-corrected chi connectivity index (χ2v) is 7.22. The molecule has 0 aliphatic carbocycles. The second kappa shape index (κ2) is 9.73. The van der Waals surface area contributed by atoms with E-state index >= 15 is 0 Å². The monoisotopic (exact) mass is 451 g/mol. The largest absolute Gasteiger partial charge is 0.338 e. The van der Waals surface area contributed by atoms with Crippen molar-refractivity contribution < 1.29 is 4.79 Å². The minimum atomic E-state index is 0. The van der Waals surface area contributed by atoms with Gasteiger partial charge < -0.3 is 10.6 Å². The van der Waals surface area contributed by atoms with E-state index in [0.29, 0.717) is 13.0 Å². The molecule has 0 bridgehead atoms. The van der Waals surface area contributed by atoms with E-state index in [9.17, 15) is 4.79 Å². The summed E-state index contributed by atoms with van der Waals surface area (Å²) < 4.78 is 1.03. The Balaban J connectivity index is 0.00000144. The van der Waals surface area contributed by atoms with Crippen molar-refractivity contribution in [3.05, 3.63) is 39.8 Å². The van der Waals surface area contributed by atoms with E-state index < -0.39 is 0 Å². The lowest BCUT2D eigenvalue weighted by Gasteiger charge is -2.23. The summed E-state index contributed by atoms with van der Waals surface area (Å²) >= 11 is 5.04. The molecule has 1 aliphatic rings. The topological polar surface area (TPSA) is 59.2 Å². The van der Waals surface area contributed by atoms with Gasteiger partial charge in [0.25, 0.3) is 0 Å². The van der Waals surface area contributed by atoms with Crippen LogP contribution < -0.4 is 5.73 Å². The SMILES string of the molecule is Cl.Cl.NCC1CCCN1C(=O)Cc1csc(-c2cccc(Br)c2)n1. The van der Waals surface area contributed by atoms with Gasteiger partial charge >= 0.3 is 0 Å². The highest BCUT2D eigenvalue weighted by Gasteiger charge is 2.27. The van der Waals surface area contributed by atoms with Crippen LogP contribution in [0, 0.1) is 0 Å². The van der Waals surface area contributed by atoms with Gasteiger partial charge in [0.15, 0.2) is 0 Å². The summed E-state index contributed by atoms with van der Waals surface area (Å²) in [6, 6.07) is 8.25. The zero-order chi connectivity index (χ0) is 15.5. The summed E-state index contributed by atoms with van der Waals surface area (Å²) in [6.07, 6.45) is 2.43. The molecule has 1 aromatic carbocycles. The standard InChI is InChI=1S/C16H18BrN3OS.2ClH/c17-12-4-1-3-11(7-12)16-19-13(10-22-16)8-15(21)20-6-2-5-14(20)9-18;;/h1,3-4,7,10,14H,2,5-6,8-9,18H2;2*1H. The van der Waals surface area contributed by atoms with Crippen molar-refractivity contribution in [1.29, 1.82) is 0 Å². The van der Waals surface area contributed by atoms with Gasteiger partial charge in [-0.2, -0.15) is 0 Å². The lowest BCUT2D eigenvalue weighted by molar-refractivity contribution is -0.131. The molecule has 1 saturated heterocycles. The van der Waals surface area contributed by atoms with Crippen molar-refractivity contribution in [3.8, 4) is 10.6 Å². The summed E-state index contributed by atoms with van der Waals surface area (Å²) in [5, 5.41) is 2.92. The van der Waals surface area contributed by atoms with E-state index in [0.717, 1.165) is 40.1 Å². The molecule has 0 radical (unpaired) electrons. The smallest absolute Gasteiger partial charge is 0.228 e. The molecule has 8 heteroatoms. The molecular weight excluding hydrogens is 433 g/mol. The molecule has 0 saturated carbocycles. The Morgan fingerprint density at radius 3 is 2.92 bits per heavy atom. The number of thiazole rings is 1. The van der Waals surface area contributed by atoms with Crippen LogP contribution in [-0.2, 0) is 11.2 Å². The van der Waals surface area contributed by atoms with E-state index in [1.54, 1.807) is 11.3 Å². The number of carbonyl (C=O) groups excluding carboxylic acids is 1. The minimum absolute atomic E-state index is 0. The van der Waals surface area contributed by atoms with Crippen molar-refractivity contribution in [3.63, 3.8) is 0 Å². The molecule has 2 aromatic rings. The second-order valence-electron chi connectivity index (χ2n) is 5.45. The molecule has 4 nitrogen and oxygen atoms in total. The molecule has 1 aliphatic heterocycles. The fourth-order valence-corrected chi connectivity index (χ4v) is 4.02. The lowest BCUT2D eigenvalue weighted by atomic mass is 10.2. The highest BCUT2D eigenvalue weighted by atomic mass is 79.9. The summed E-state index contributed by atoms with van der Waals surface area (Å²) in [5.41, 5.74) is 7.65. The van der Waals surface area contributed by atoms with E-state index in [4.69, 9.17) is 5.73 Å². The van der Waals surface area contributed by atoms with Crippen LogP contribution >= 0.6 is 52.1 Å². The molecule has 1 fully saturated rings. The van der Waals surface area contributed by atoms with E-state index in [-0.39, 0.29) is 36.8 Å². The van der Waals surface area contributed by atoms with Crippen LogP contribution in [0.3, 0.4) is 0 Å². The van der Waals surface area contributed by atoms with E-state index in [2.05, 4.69) is 20.9 Å². The Hall–Kier alpha value is -0.660. The highest BCUT2D eigenvalue weighted by Crippen LogP contribution is 2.27. The van der Waals surface area contributed by atoms with Crippen LogP contribution in [0.25, 0.3) is 10.6 Å². The molecule has 1 atom stereocenters. The molecule has 2 heterocycles. The first-order chi connectivity index (χ1) is 10.7. The number of likely N-dealkylation sites (tertiary alicyclic amines) is 1. The maximum Gasteiger partial charge on any atom is 0.228 e. The number of hydrogen-bond donors (Lipinski definition) is 1. The van der Waals surface area contributed by atoms with Crippen LogP contribution in [0.15, 0.2) is 34.1 Å². The van der Waals surface area contributed by atoms with Crippen molar-refractivity contribution >= 4 is 58.0 Å². The quantitative estimate of drug-likeness (QED) is 0.764. The predicted octanol–water partition coefficient (Wildman–Crippen LogP) is 3.91. The third-order valence-electron chi connectivity index (χ3n) is 3.93. The Morgan fingerprint density at radius 1 is 1.42 bits per heavy atom. The molecule has 1 unspecified atom stereocenters. The zero-order valence-electron chi connectivity index (χ0n) is 13.0. The van der Waals surface area contributed by atoms with Crippen LogP contribution in [0.2, 0.25) is 0 Å². The van der Waals surface area contributed by atoms with E-state index in [1.807, 2.05) is 34.5 Å². The molecule has 1 aromatic heterocycles. The number of hydrogen-bond acceptors (Lipinski definition) is 4. The normalized spacial score (nSPS) is 16.4. The Bertz CT molecular complexity index is 683. The summed E-state index contributed by atoms with van der Waals surface area (Å²) in [6.45, 7) is 1.37. The first-order valence-electron chi connectivity index (χ1n) is 7.37. The van der Waals surface area contributed by atoms with Crippen LogP contribution in [0.5, 0.6) is 0 Å². The maximum absolute atomic E-state index is 12.4. The lowest BCUT2D eigenvalue weighted by Crippen LogP contribution is -2.40. The van der Waals surface area contributed by atoms with Gasteiger partial charge in [0.05, 0.1) is 12.1 Å². The fraction of sp³-hybridized carbons (Fsp3) is 0.375. The van der Waals surface area contributed by atoms with Gasteiger partial charge in [0.2, 0.25) is 5.91 Å². The Morgan fingerprint density at radius 2 is 2.21 bits per heavy atom. The molecule has 24 heavy (non-hydrogen) atoms. The molecule has 0 spiro atoms. The minimum Gasteiger partial charge on any atom is -0.338 e. The zero-order valence-corrected chi connectivity index (χ0v) is 17.0. The molecule has 132 valence electrons. The van der Waals surface area contributed by atoms with Gasteiger partial charge in [-0.25, -0.2) is 4.98 Å². The van der Waals surface area contributed by atoms with Crippen molar-refractivity contribution in [2.45, 2.75) is 25.3 Å². The van der Waals surface area contributed by atoms with Crippen molar-refractivity contribution in [1.82, 2.24) is 9.88 Å². The number of rotatable bonds is 4. The maximum atomic E-state index is 12.4. The molecular formula is C16H20BrCl2N3OS. The van der Waals surface area contributed by atoms with Gasteiger partial charge in [0, 0.05) is 34.5 Å². The van der Waals surface area contributed by atoms with Gasteiger partial charge in [0.1, 0.15) is 5.01 Å². The van der Waals surface area contributed by atoms with Gasteiger partial charge in [-0.15, -0.1) is 36.2 Å².